The molecule has 0 unspecified atom stereocenters. The van der Waals surface area contributed by atoms with E-state index in [9.17, 15) is 4.79 Å². The van der Waals surface area contributed by atoms with Crippen molar-refractivity contribution >= 4 is 23.1 Å². The average molecular weight is 363 g/mol. The molecule has 0 aliphatic rings. The van der Waals surface area contributed by atoms with E-state index in [2.05, 4.69) is 15.6 Å². The van der Waals surface area contributed by atoms with Crippen molar-refractivity contribution in [1.29, 1.82) is 0 Å². The van der Waals surface area contributed by atoms with Crippen molar-refractivity contribution in [1.82, 2.24) is 4.98 Å². The van der Waals surface area contributed by atoms with Crippen molar-refractivity contribution in [3.05, 3.63) is 71.9 Å². The number of rotatable bonds is 6. The highest BCUT2D eigenvalue weighted by Crippen LogP contribution is 2.29. The Kier molecular flexibility index (Phi) is 5.56. The fourth-order valence-corrected chi connectivity index (χ4v) is 2.60. The molecule has 0 aliphatic carbocycles. The van der Waals surface area contributed by atoms with Gasteiger partial charge in [0.25, 0.3) is 5.91 Å². The van der Waals surface area contributed by atoms with Crippen LogP contribution in [-0.2, 0) is 0 Å². The Morgan fingerprint density at radius 1 is 0.889 bits per heavy atom. The number of ether oxygens (including phenoxy) is 2. The van der Waals surface area contributed by atoms with Crippen LogP contribution in [0, 0.1) is 6.92 Å². The summed E-state index contributed by atoms with van der Waals surface area (Å²) in [4.78, 5) is 16.9. The molecule has 1 heterocycles. The van der Waals surface area contributed by atoms with Crippen LogP contribution in [0.25, 0.3) is 0 Å². The first kappa shape index (κ1) is 18.3. The lowest BCUT2D eigenvalue weighted by molar-refractivity contribution is 0.102. The largest absolute Gasteiger partial charge is 0.496 e. The fraction of sp³-hybridized carbons (Fsp3) is 0.143. The van der Waals surface area contributed by atoms with Crippen LogP contribution in [0.5, 0.6) is 11.5 Å². The number of aryl methyl sites for hydroxylation is 1. The number of benzene rings is 2. The van der Waals surface area contributed by atoms with Crippen molar-refractivity contribution in [2.24, 2.45) is 0 Å². The molecule has 0 saturated carbocycles. The zero-order valence-corrected chi connectivity index (χ0v) is 15.4. The first-order chi connectivity index (χ1) is 13.1. The van der Waals surface area contributed by atoms with E-state index in [0.29, 0.717) is 22.9 Å². The molecule has 6 nitrogen and oxygen atoms in total. The van der Waals surface area contributed by atoms with Gasteiger partial charge in [0.1, 0.15) is 22.9 Å². The molecular weight excluding hydrogens is 342 g/mol. The number of methoxy groups -OCH3 is 2. The molecule has 0 aliphatic heterocycles. The minimum Gasteiger partial charge on any atom is -0.496 e. The molecule has 2 N–H and O–H groups in total. The number of anilines is 3. The maximum atomic E-state index is 12.7. The van der Waals surface area contributed by atoms with E-state index >= 15 is 0 Å². The lowest BCUT2D eigenvalue weighted by atomic mass is 10.1. The summed E-state index contributed by atoms with van der Waals surface area (Å²) in [6.45, 7) is 2.04. The Balaban J connectivity index is 1.73. The lowest BCUT2D eigenvalue weighted by Crippen LogP contribution is -2.15. The predicted molar refractivity (Wildman–Crippen MR) is 106 cm³/mol. The van der Waals surface area contributed by atoms with Gasteiger partial charge in [-0.05, 0) is 43.3 Å². The second kappa shape index (κ2) is 8.23. The van der Waals surface area contributed by atoms with E-state index < -0.39 is 0 Å². The van der Waals surface area contributed by atoms with Crippen LogP contribution in [0.1, 0.15) is 15.9 Å². The van der Waals surface area contributed by atoms with Gasteiger partial charge in [-0.3, -0.25) is 4.79 Å². The number of carbonyl (C=O) groups excluding carboxylic acids is 1. The van der Waals surface area contributed by atoms with Crippen molar-refractivity contribution in [2.75, 3.05) is 24.9 Å². The van der Waals surface area contributed by atoms with E-state index in [4.69, 9.17) is 9.47 Å². The summed E-state index contributed by atoms with van der Waals surface area (Å²) < 4.78 is 10.5. The summed E-state index contributed by atoms with van der Waals surface area (Å²) in [5.74, 6) is 0.951. The Hall–Kier alpha value is -3.54. The van der Waals surface area contributed by atoms with Gasteiger partial charge in [0.05, 0.1) is 26.1 Å². The smallest absolute Gasteiger partial charge is 0.264 e. The Labute approximate surface area is 158 Å². The molecule has 0 radical (unpaired) electrons. The molecule has 0 atom stereocenters. The second-order valence-corrected chi connectivity index (χ2v) is 5.91. The number of amides is 1. The molecule has 0 spiro atoms. The van der Waals surface area contributed by atoms with Gasteiger partial charge in [-0.25, -0.2) is 4.98 Å². The third kappa shape index (κ3) is 4.36. The fourth-order valence-electron chi connectivity index (χ4n) is 2.60. The van der Waals surface area contributed by atoms with Gasteiger partial charge in [0, 0.05) is 5.69 Å². The quantitative estimate of drug-likeness (QED) is 0.679. The third-order valence-electron chi connectivity index (χ3n) is 4.00. The number of hydrogen-bond acceptors (Lipinski definition) is 5. The summed E-state index contributed by atoms with van der Waals surface area (Å²) in [7, 11) is 3.02. The summed E-state index contributed by atoms with van der Waals surface area (Å²) in [6.07, 6.45) is 1.66. The van der Waals surface area contributed by atoms with Crippen molar-refractivity contribution in [3.8, 4) is 11.5 Å². The highest BCUT2D eigenvalue weighted by atomic mass is 16.5. The van der Waals surface area contributed by atoms with Crippen molar-refractivity contribution in [2.45, 2.75) is 6.92 Å². The normalized spacial score (nSPS) is 10.2. The van der Waals surface area contributed by atoms with Crippen LogP contribution in [-0.4, -0.2) is 25.1 Å². The van der Waals surface area contributed by atoms with Crippen LogP contribution in [0.15, 0.2) is 60.8 Å². The zero-order chi connectivity index (χ0) is 19.2. The first-order valence-electron chi connectivity index (χ1n) is 8.43. The number of pyridine rings is 1. The SMILES string of the molecule is COc1cccc(OC)c1C(=O)Nc1ccc(Nc2ccc(C)cc2)cn1. The maximum Gasteiger partial charge on any atom is 0.264 e. The highest BCUT2D eigenvalue weighted by Gasteiger charge is 2.18. The van der Waals surface area contributed by atoms with E-state index in [-0.39, 0.29) is 5.91 Å². The minimum atomic E-state index is -0.351. The predicted octanol–water partition coefficient (Wildman–Crippen LogP) is 4.40. The average Bonchev–Trinajstić information content (AvgIpc) is 2.70. The molecule has 27 heavy (non-hydrogen) atoms. The molecule has 3 aromatic rings. The Bertz CT molecular complexity index is 900. The summed E-state index contributed by atoms with van der Waals surface area (Å²) in [5.41, 5.74) is 3.32. The summed E-state index contributed by atoms with van der Waals surface area (Å²) >= 11 is 0. The highest BCUT2D eigenvalue weighted by molar-refractivity contribution is 6.07. The molecule has 1 amide bonds. The molecule has 138 valence electrons. The van der Waals surface area contributed by atoms with Crippen LogP contribution >= 0.6 is 0 Å². The van der Waals surface area contributed by atoms with Crippen LogP contribution in [0.2, 0.25) is 0 Å². The second-order valence-electron chi connectivity index (χ2n) is 5.91. The minimum absolute atomic E-state index is 0.325. The molecule has 1 aromatic heterocycles. The summed E-state index contributed by atoms with van der Waals surface area (Å²) in [6, 6.07) is 16.8. The third-order valence-corrected chi connectivity index (χ3v) is 4.00. The van der Waals surface area contributed by atoms with Crippen LogP contribution in [0.3, 0.4) is 0 Å². The van der Waals surface area contributed by atoms with E-state index in [1.165, 1.54) is 19.8 Å². The van der Waals surface area contributed by atoms with Gasteiger partial charge in [-0.1, -0.05) is 23.8 Å². The first-order valence-corrected chi connectivity index (χ1v) is 8.43. The topological polar surface area (TPSA) is 72.5 Å². The maximum absolute atomic E-state index is 12.7. The van der Waals surface area contributed by atoms with E-state index in [1.807, 2.05) is 37.3 Å². The molecule has 0 fully saturated rings. The number of aromatic nitrogens is 1. The molecule has 2 aromatic carbocycles. The Morgan fingerprint density at radius 2 is 1.52 bits per heavy atom. The molecular formula is C21H21N3O3. The number of nitrogens with zero attached hydrogens (tertiary/aromatic N) is 1. The van der Waals surface area contributed by atoms with Gasteiger partial charge in [0.2, 0.25) is 0 Å². The van der Waals surface area contributed by atoms with Gasteiger partial charge in [-0.2, -0.15) is 0 Å². The van der Waals surface area contributed by atoms with Gasteiger partial charge in [0.15, 0.2) is 0 Å². The Morgan fingerprint density at radius 3 is 2.07 bits per heavy atom. The summed E-state index contributed by atoms with van der Waals surface area (Å²) in [5, 5.41) is 6.03. The van der Waals surface area contributed by atoms with Crippen LogP contribution in [0.4, 0.5) is 17.2 Å². The van der Waals surface area contributed by atoms with E-state index in [0.717, 1.165) is 11.4 Å². The monoisotopic (exact) mass is 363 g/mol. The van der Waals surface area contributed by atoms with Gasteiger partial charge in [-0.15, -0.1) is 0 Å². The lowest BCUT2D eigenvalue weighted by Gasteiger charge is -2.13. The molecule has 0 saturated heterocycles. The van der Waals surface area contributed by atoms with Gasteiger partial charge >= 0.3 is 0 Å². The van der Waals surface area contributed by atoms with Gasteiger partial charge < -0.3 is 20.1 Å². The molecule has 3 rings (SSSR count). The number of hydrogen-bond donors (Lipinski definition) is 2. The number of carbonyl (C=O) groups is 1. The number of nitrogens with one attached hydrogen (secondary N) is 2. The zero-order valence-electron chi connectivity index (χ0n) is 15.4. The molecule has 6 heteroatoms. The standard InChI is InChI=1S/C21H21N3O3/c1-14-7-9-15(10-8-14)23-16-11-12-19(22-13-16)24-21(25)20-17(26-2)5-4-6-18(20)27-3/h4-13,23H,1-3H3,(H,22,24,25). The van der Waals surface area contributed by atoms with E-state index in [1.54, 1.807) is 30.5 Å². The van der Waals surface area contributed by atoms with Crippen molar-refractivity contribution in [3.63, 3.8) is 0 Å². The molecule has 0 bridgehead atoms. The van der Waals surface area contributed by atoms with Crippen molar-refractivity contribution < 1.29 is 14.3 Å². The van der Waals surface area contributed by atoms with Crippen LogP contribution < -0.4 is 20.1 Å².